The Kier molecular flexibility index (Phi) is 5.30. The van der Waals surface area contributed by atoms with Gasteiger partial charge in [-0.3, -0.25) is 9.69 Å². The van der Waals surface area contributed by atoms with Crippen molar-refractivity contribution in [3.8, 4) is 12.3 Å². The van der Waals surface area contributed by atoms with E-state index in [1.54, 1.807) is 12.1 Å². The van der Waals surface area contributed by atoms with Crippen LogP contribution in [0.3, 0.4) is 0 Å². The second kappa shape index (κ2) is 7.01. The van der Waals surface area contributed by atoms with Crippen molar-refractivity contribution < 1.29 is 9.18 Å². The van der Waals surface area contributed by atoms with Crippen LogP contribution in [0.15, 0.2) is 31.8 Å². The predicted octanol–water partition coefficient (Wildman–Crippen LogP) is 4.45. The van der Waals surface area contributed by atoms with E-state index in [9.17, 15) is 14.4 Å². The van der Waals surface area contributed by atoms with Crippen molar-refractivity contribution in [2.45, 2.75) is 0 Å². The third-order valence-electron chi connectivity index (χ3n) is 2.76. The molecule has 0 unspecified atom stereocenters. The van der Waals surface area contributed by atoms with Crippen molar-refractivity contribution >= 4 is 54.7 Å². The summed E-state index contributed by atoms with van der Waals surface area (Å²) in [5.74, 6) is -0.932. The summed E-state index contributed by atoms with van der Waals surface area (Å²) in [6.07, 6.45) is 1.87. The lowest BCUT2D eigenvalue weighted by molar-refractivity contribution is 0.100. The lowest BCUT2D eigenvalue weighted by Crippen LogP contribution is -2.25. The fourth-order valence-corrected chi connectivity index (χ4v) is 4.57. The van der Waals surface area contributed by atoms with Gasteiger partial charge in [-0.25, -0.2) is 4.39 Å². The van der Waals surface area contributed by atoms with Gasteiger partial charge in [-0.05, 0) is 56.1 Å². The third-order valence-corrected chi connectivity index (χ3v) is 5.10. The Morgan fingerprint density at radius 1 is 1.32 bits per heavy atom. The Bertz CT molecular complexity index is 822. The predicted molar refractivity (Wildman–Crippen MR) is 88.1 cm³/mol. The van der Waals surface area contributed by atoms with E-state index in [4.69, 9.17) is 5.26 Å². The normalized spacial score (nSPS) is 9.86. The fraction of sp³-hybridized carbons (Fsp3) is 0.0714. The van der Waals surface area contributed by atoms with Gasteiger partial charge in [-0.2, -0.15) is 10.5 Å². The highest BCUT2D eigenvalue weighted by Gasteiger charge is 2.18. The van der Waals surface area contributed by atoms with E-state index < -0.39 is 5.82 Å². The molecule has 1 aromatic carbocycles. The van der Waals surface area contributed by atoms with Gasteiger partial charge in [-0.1, -0.05) is 0 Å². The first-order valence-corrected chi connectivity index (χ1v) is 8.21. The van der Waals surface area contributed by atoms with Crippen LogP contribution in [0, 0.1) is 28.6 Å². The summed E-state index contributed by atoms with van der Waals surface area (Å²) < 4.78 is 14.8. The molecule has 4 nitrogen and oxygen atoms in total. The zero-order valence-electron chi connectivity index (χ0n) is 10.8. The number of hydrogen-bond acceptors (Lipinski definition) is 5. The molecule has 0 saturated heterocycles. The van der Waals surface area contributed by atoms with Crippen LogP contribution in [-0.4, -0.2) is 12.3 Å². The maximum absolute atomic E-state index is 13.3. The largest absolute Gasteiger partial charge is 0.292 e. The summed E-state index contributed by atoms with van der Waals surface area (Å²) in [6, 6.07) is 7.06. The number of rotatable bonds is 4. The van der Waals surface area contributed by atoms with Gasteiger partial charge in [0, 0.05) is 5.56 Å². The number of ketones is 1. The molecule has 0 spiro atoms. The molecule has 0 aliphatic carbocycles. The summed E-state index contributed by atoms with van der Waals surface area (Å²) in [5, 5.41) is 18.0. The van der Waals surface area contributed by atoms with Crippen molar-refractivity contribution in [2.75, 3.05) is 11.4 Å². The van der Waals surface area contributed by atoms with Gasteiger partial charge in [0.05, 0.1) is 25.4 Å². The first-order valence-electron chi connectivity index (χ1n) is 5.81. The van der Waals surface area contributed by atoms with Crippen LogP contribution < -0.4 is 4.90 Å². The van der Waals surface area contributed by atoms with Crippen LogP contribution in [0.2, 0.25) is 0 Å². The smallest absolute Gasteiger partial charge is 0.185 e. The first-order chi connectivity index (χ1) is 10.5. The van der Waals surface area contributed by atoms with E-state index >= 15 is 0 Å². The standard InChI is InChI=1S/C14H6Br2FN3OS/c15-13-4-10(14(16)22-13)12(21)6-20(7-19)9-1-2-11(17)8(3-9)5-18/h1-4H,6H2. The van der Waals surface area contributed by atoms with E-state index in [0.29, 0.717) is 15.0 Å². The number of carbonyl (C=O) groups excluding carboxylic acids is 1. The van der Waals surface area contributed by atoms with Gasteiger partial charge in [0.1, 0.15) is 11.9 Å². The second-order valence-corrected chi connectivity index (χ2v) is 7.87. The molecule has 0 saturated carbocycles. The molecule has 0 N–H and O–H groups in total. The van der Waals surface area contributed by atoms with Crippen LogP contribution in [0.5, 0.6) is 0 Å². The minimum absolute atomic E-state index is 0.176. The number of anilines is 1. The molecular weight excluding hydrogens is 437 g/mol. The molecule has 0 amide bonds. The van der Waals surface area contributed by atoms with Gasteiger partial charge in [-0.15, -0.1) is 11.3 Å². The molecule has 0 fully saturated rings. The monoisotopic (exact) mass is 441 g/mol. The SMILES string of the molecule is N#Cc1cc(N(C#N)CC(=O)c2cc(Br)sc2Br)ccc1F. The summed E-state index contributed by atoms with van der Waals surface area (Å²) in [4.78, 5) is 13.4. The van der Waals surface area contributed by atoms with E-state index in [0.717, 1.165) is 14.8 Å². The Labute approximate surface area is 146 Å². The minimum atomic E-state index is -0.667. The van der Waals surface area contributed by atoms with Crippen molar-refractivity contribution in [1.82, 2.24) is 0 Å². The van der Waals surface area contributed by atoms with Crippen LogP contribution in [0.25, 0.3) is 0 Å². The maximum atomic E-state index is 13.3. The average Bonchev–Trinajstić information content (AvgIpc) is 2.84. The molecule has 22 heavy (non-hydrogen) atoms. The van der Waals surface area contributed by atoms with Gasteiger partial charge in [0.25, 0.3) is 0 Å². The molecule has 0 aliphatic heterocycles. The Balaban J connectivity index is 2.27. The van der Waals surface area contributed by atoms with E-state index in [1.807, 2.05) is 6.19 Å². The lowest BCUT2D eigenvalue weighted by Gasteiger charge is -2.15. The quantitative estimate of drug-likeness (QED) is 0.398. The number of nitriles is 2. The number of carbonyl (C=O) groups is 1. The second-order valence-electron chi connectivity index (χ2n) is 4.12. The highest BCUT2D eigenvalue weighted by molar-refractivity contribution is 9.12. The van der Waals surface area contributed by atoms with Crippen LogP contribution >= 0.6 is 43.2 Å². The molecule has 110 valence electrons. The van der Waals surface area contributed by atoms with Gasteiger partial charge in [0.15, 0.2) is 12.0 Å². The third kappa shape index (κ3) is 3.53. The maximum Gasteiger partial charge on any atom is 0.185 e. The zero-order chi connectivity index (χ0) is 16.3. The molecule has 0 bridgehead atoms. The molecule has 8 heteroatoms. The summed E-state index contributed by atoms with van der Waals surface area (Å²) in [5.41, 5.74) is 0.573. The molecule has 0 radical (unpaired) electrons. The molecule has 2 rings (SSSR count). The highest BCUT2D eigenvalue weighted by atomic mass is 79.9. The van der Waals surface area contributed by atoms with Crippen molar-refractivity contribution in [2.24, 2.45) is 0 Å². The van der Waals surface area contributed by atoms with E-state index in [-0.39, 0.29) is 17.9 Å². The molecule has 1 aromatic heterocycles. The van der Waals surface area contributed by atoms with Crippen LogP contribution in [0.4, 0.5) is 10.1 Å². The highest BCUT2D eigenvalue weighted by Crippen LogP contribution is 2.32. The summed E-state index contributed by atoms with van der Waals surface area (Å²) in [6.45, 7) is -0.200. The molecular formula is C14H6Br2FN3OS. The van der Waals surface area contributed by atoms with Crippen molar-refractivity contribution in [3.63, 3.8) is 0 Å². The zero-order valence-corrected chi connectivity index (χ0v) is 14.8. The van der Waals surface area contributed by atoms with Gasteiger partial charge in [0.2, 0.25) is 0 Å². The molecule has 0 aliphatic rings. The van der Waals surface area contributed by atoms with Crippen molar-refractivity contribution in [3.05, 3.63) is 48.8 Å². The lowest BCUT2D eigenvalue weighted by atomic mass is 10.1. The molecule has 2 aromatic rings. The Morgan fingerprint density at radius 3 is 2.59 bits per heavy atom. The van der Waals surface area contributed by atoms with E-state index in [1.165, 1.54) is 23.5 Å². The first kappa shape index (κ1) is 16.6. The fourth-order valence-electron chi connectivity index (χ4n) is 1.71. The summed E-state index contributed by atoms with van der Waals surface area (Å²) >= 11 is 7.93. The van der Waals surface area contributed by atoms with Gasteiger partial charge >= 0.3 is 0 Å². The topological polar surface area (TPSA) is 67.9 Å². The summed E-state index contributed by atoms with van der Waals surface area (Å²) in [7, 11) is 0. The number of halogens is 3. The number of thiophene rings is 1. The Morgan fingerprint density at radius 2 is 2.05 bits per heavy atom. The molecule has 0 atom stereocenters. The Hall–Kier alpha value is -1.74. The average molecular weight is 443 g/mol. The number of nitrogens with zero attached hydrogens (tertiary/aromatic N) is 3. The molecule has 1 heterocycles. The minimum Gasteiger partial charge on any atom is -0.292 e. The van der Waals surface area contributed by atoms with Crippen molar-refractivity contribution in [1.29, 1.82) is 10.5 Å². The number of hydrogen-bond donors (Lipinski definition) is 0. The van der Waals surface area contributed by atoms with E-state index in [2.05, 4.69) is 31.9 Å². The van der Waals surface area contributed by atoms with Crippen LogP contribution in [-0.2, 0) is 0 Å². The number of benzene rings is 1. The number of Topliss-reactive ketones (excluding diaryl/α,β-unsaturated/α-hetero) is 1. The van der Waals surface area contributed by atoms with Gasteiger partial charge < -0.3 is 0 Å². The van der Waals surface area contributed by atoms with Crippen LogP contribution in [0.1, 0.15) is 15.9 Å².